The van der Waals surface area contributed by atoms with E-state index in [4.69, 9.17) is 16.7 Å². The molecule has 1 aliphatic rings. The third kappa shape index (κ3) is 3.70. The standard InChI is InChI=1S/C13H16ClNO3S/c14-11-6-5-10(19-11)13(18)15-8-2-1-3-9(15)4-7-12(16)17/h5-6,9H,1-4,7-8H2,(H,16,17)/t9-/m1/s1. The molecule has 1 atom stereocenters. The predicted octanol–water partition coefficient (Wildman–Crippen LogP) is 3.26. The molecule has 1 amide bonds. The molecule has 6 heteroatoms. The third-order valence-corrected chi connectivity index (χ3v) is 4.58. The molecule has 0 unspecified atom stereocenters. The molecule has 1 N–H and O–H groups in total. The fourth-order valence-electron chi connectivity index (χ4n) is 2.43. The van der Waals surface area contributed by atoms with Crippen LogP contribution in [0.4, 0.5) is 0 Å². The van der Waals surface area contributed by atoms with Crippen LogP contribution >= 0.6 is 22.9 Å². The number of hydrogen-bond donors (Lipinski definition) is 1. The molecule has 0 radical (unpaired) electrons. The third-order valence-electron chi connectivity index (χ3n) is 3.36. The van der Waals surface area contributed by atoms with E-state index in [1.54, 1.807) is 12.1 Å². The molecule has 0 aliphatic carbocycles. The van der Waals surface area contributed by atoms with Gasteiger partial charge < -0.3 is 10.0 Å². The second kappa shape index (κ2) is 6.39. The van der Waals surface area contributed by atoms with Crippen molar-refractivity contribution in [1.82, 2.24) is 4.90 Å². The van der Waals surface area contributed by atoms with Crippen LogP contribution in [0.2, 0.25) is 4.34 Å². The van der Waals surface area contributed by atoms with Crippen molar-refractivity contribution in [1.29, 1.82) is 0 Å². The average Bonchev–Trinajstić information content (AvgIpc) is 2.82. The number of carbonyl (C=O) groups is 2. The van der Waals surface area contributed by atoms with Gasteiger partial charge >= 0.3 is 5.97 Å². The molecule has 0 bridgehead atoms. The lowest BCUT2D eigenvalue weighted by Crippen LogP contribution is -2.43. The van der Waals surface area contributed by atoms with E-state index in [1.165, 1.54) is 11.3 Å². The second-order valence-corrected chi connectivity index (χ2v) is 6.40. The SMILES string of the molecule is O=C(O)CC[C@H]1CCCCN1C(=O)c1ccc(Cl)s1. The van der Waals surface area contributed by atoms with Gasteiger partial charge in [0.25, 0.3) is 5.91 Å². The number of carbonyl (C=O) groups excluding carboxylic acids is 1. The van der Waals surface area contributed by atoms with E-state index >= 15 is 0 Å². The first-order valence-electron chi connectivity index (χ1n) is 6.36. The number of likely N-dealkylation sites (tertiary alicyclic amines) is 1. The minimum absolute atomic E-state index is 0.0213. The highest BCUT2D eigenvalue weighted by molar-refractivity contribution is 7.17. The lowest BCUT2D eigenvalue weighted by molar-refractivity contribution is -0.137. The molecule has 2 heterocycles. The van der Waals surface area contributed by atoms with Crippen molar-refractivity contribution in [3.63, 3.8) is 0 Å². The Kier molecular flexibility index (Phi) is 4.82. The maximum Gasteiger partial charge on any atom is 0.303 e. The van der Waals surface area contributed by atoms with Crippen molar-refractivity contribution < 1.29 is 14.7 Å². The molecule has 0 saturated carbocycles. The first-order chi connectivity index (χ1) is 9.08. The van der Waals surface area contributed by atoms with Crippen molar-refractivity contribution >= 4 is 34.8 Å². The van der Waals surface area contributed by atoms with E-state index < -0.39 is 5.97 Å². The fraction of sp³-hybridized carbons (Fsp3) is 0.538. The normalized spacial score (nSPS) is 19.4. The van der Waals surface area contributed by atoms with Gasteiger partial charge in [0.05, 0.1) is 9.21 Å². The van der Waals surface area contributed by atoms with Crippen LogP contribution in [-0.4, -0.2) is 34.5 Å². The van der Waals surface area contributed by atoms with E-state index in [0.29, 0.717) is 22.2 Å². The van der Waals surface area contributed by atoms with E-state index in [1.807, 2.05) is 4.90 Å². The summed E-state index contributed by atoms with van der Waals surface area (Å²) >= 11 is 7.13. The summed E-state index contributed by atoms with van der Waals surface area (Å²) in [5.41, 5.74) is 0. The number of halogens is 1. The maximum atomic E-state index is 12.4. The summed E-state index contributed by atoms with van der Waals surface area (Å²) in [6.45, 7) is 0.707. The number of carboxylic acids is 1. The second-order valence-electron chi connectivity index (χ2n) is 4.68. The Morgan fingerprint density at radius 1 is 1.42 bits per heavy atom. The van der Waals surface area contributed by atoms with Gasteiger partial charge in [-0.05, 0) is 37.8 Å². The molecule has 0 aromatic carbocycles. The summed E-state index contributed by atoms with van der Waals surface area (Å²) in [4.78, 5) is 25.5. The number of piperidine rings is 1. The zero-order valence-electron chi connectivity index (χ0n) is 10.5. The molecule has 0 spiro atoms. The minimum Gasteiger partial charge on any atom is -0.481 e. The number of hydrogen-bond acceptors (Lipinski definition) is 3. The summed E-state index contributed by atoms with van der Waals surface area (Å²) in [6.07, 6.45) is 3.56. The zero-order valence-corrected chi connectivity index (χ0v) is 12.0. The maximum absolute atomic E-state index is 12.4. The summed E-state index contributed by atoms with van der Waals surface area (Å²) in [5.74, 6) is -0.830. The largest absolute Gasteiger partial charge is 0.481 e. The van der Waals surface area contributed by atoms with Crippen LogP contribution in [0.25, 0.3) is 0 Å². The first-order valence-corrected chi connectivity index (χ1v) is 7.55. The molecular formula is C13H16ClNO3S. The van der Waals surface area contributed by atoms with Gasteiger partial charge in [0.2, 0.25) is 0 Å². The molecule has 1 aliphatic heterocycles. The Hall–Kier alpha value is -1.07. The van der Waals surface area contributed by atoms with Crippen molar-refractivity contribution in [2.45, 2.75) is 38.1 Å². The van der Waals surface area contributed by atoms with Crippen molar-refractivity contribution in [3.8, 4) is 0 Å². The highest BCUT2D eigenvalue weighted by Gasteiger charge is 2.28. The molecule has 104 valence electrons. The Bertz CT molecular complexity index is 474. The number of rotatable bonds is 4. The van der Waals surface area contributed by atoms with E-state index in [-0.39, 0.29) is 18.4 Å². The van der Waals surface area contributed by atoms with Gasteiger partial charge in [0.15, 0.2) is 0 Å². The van der Waals surface area contributed by atoms with Crippen molar-refractivity contribution in [2.24, 2.45) is 0 Å². The fourth-order valence-corrected chi connectivity index (χ4v) is 3.43. The van der Waals surface area contributed by atoms with Crippen LogP contribution in [0.3, 0.4) is 0 Å². The predicted molar refractivity (Wildman–Crippen MR) is 74.9 cm³/mol. The Morgan fingerprint density at radius 3 is 2.84 bits per heavy atom. The number of thiophene rings is 1. The molecule has 2 rings (SSSR count). The van der Waals surface area contributed by atoms with Crippen LogP contribution in [0, 0.1) is 0 Å². The quantitative estimate of drug-likeness (QED) is 0.928. The molecular weight excluding hydrogens is 286 g/mol. The molecule has 19 heavy (non-hydrogen) atoms. The van der Waals surface area contributed by atoms with Gasteiger partial charge in [-0.3, -0.25) is 9.59 Å². The number of amides is 1. The number of aliphatic carboxylic acids is 1. The number of nitrogens with zero attached hydrogens (tertiary/aromatic N) is 1. The van der Waals surface area contributed by atoms with Gasteiger partial charge in [-0.1, -0.05) is 11.6 Å². The average molecular weight is 302 g/mol. The summed E-state index contributed by atoms with van der Waals surface area (Å²) in [5, 5.41) is 8.77. The Labute approximate surface area is 121 Å². The topological polar surface area (TPSA) is 57.6 Å². The van der Waals surface area contributed by atoms with Gasteiger partial charge in [-0.2, -0.15) is 0 Å². The van der Waals surface area contributed by atoms with Crippen LogP contribution < -0.4 is 0 Å². The van der Waals surface area contributed by atoms with Crippen LogP contribution in [-0.2, 0) is 4.79 Å². The summed E-state index contributed by atoms with van der Waals surface area (Å²) in [7, 11) is 0. The minimum atomic E-state index is -0.808. The van der Waals surface area contributed by atoms with Crippen LogP contribution in [0.15, 0.2) is 12.1 Å². The smallest absolute Gasteiger partial charge is 0.303 e. The van der Waals surface area contributed by atoms with Crippen LogP contribution in [0.1, 0.15) is 41.8 Å². The van der Waals surface area contributed by atoms with E-state index in [2.05, 4.69) is 0 Å². The Balaban J connectivity index is 2.06. The van der Waals surface area contributed by atoms with Gasteiger partial charge in [-0.15, -0.1) is 11.3 Å². The number of carboxylic acid groups (broad SMARTS) is 1. The van der Waals surface area contributed by atoms with Gasteiger partial charge in [0, 0.05) is 19.0 Å². The van der Waals surface area contributed by atoms with Crippen molar-refractivity contribution in [3.05, 3.63) is 21.3 Å². The summed E-state index contributed by atoms with van der Waals surface area (Å²) in [6, 6.07) is 3.49. The first kappa shape index (κ1) is 14.3. The van der Waals surface area contributed by atoms with Gasteiger partial charge in [-0.25, -0.2) is 0 Å². The lowest BCUT2D eigenvalue weighted by Gasteiger charge is -2.35. The van der Waals surface area contributed by atoms with E-state index in [9.17, 15) is 9.59 Å². The zero-order chi connectivity index (χ0) is 13.8. The summed E-state index contributed by atoms with van der Waals surface area (Å²) < 4.78 is 0.599. The van der Waals surface area contributed by atoms with Gasteiger partial charge in [0.1, 0.15) is 0 Å². The molecule has 1 saturated heterocycles. The van der Waals surface area contributed by atoms with Crippen molar-refractivity contribution in [2.75, 3.05) is 6.54 Å². The highest BCUT2D eigenvalue weighted by Crippen LogP contribution is 2.27. The lowest BCUT2D eigenvalue weighted by atomic mass is 9.97. The Morgan fingerprint density at radius 2 is 2.21 bits per heavy atom. The molecule has 1 fully saturated rings. The van der Waals surface area contributed by atoms with E-state index in [0.717, 1.165) is 19.3 Å². The monoisotopic (exact) mass is 301 g/mol. The molecule has 1 aromatic heterocycles. The van der Waals surface area contributed by atoms with Crippen LogP contribution in [0.5, 0.6) is 0 Å². The highest BCUT2D eigenvalue weighted by atomic mass is 35.5. The molecule has 4 nitrogen and oxygen atoms in total. The molecule has 1 aromatic rings.